The van der Waals surface area contributed by atoms with Crippen molar-refractivity contribution >= 4 is 17.4 Å². The Morgan fingerprint density at radius 3 is 2.46 bits per heavy atom. The summed E-state index contributed by atoms with van der Waals surface area (Å²) in [6.45, 7) is 13.4. The van der Waals surface area contributed by atoms with Gasteiger partial charge in [0.2, 0.25) is 0 Å². The van der Waals surface area contributed by atoms with Crippen LogP contribution < -0.4 is 4.90 Å². The molecule has 8 aliphatic carbocycles. The second kappa shape index (κ2) is 18.1. The fourth-order valence-electron chi connectivity index (χ4n) is 16.9. The summed E-state index contributed by atoms with van der Waals surface area (Å²) in [5.74, 6) is 8.44. The molecular weight excluding hydrogens is 815 g/mol. The molecule has 9 rings (SSSR count). The molecule has 0 saturated heterocycles. The highest BCUT2D eigenvalue weighted by molar-refractivity contribution is 5.93. The van der Waals surface area contributed by atoms with E-state index in [1.165, 1.54) is 22.3 Å². The third kappa shape index (κ3) is 8.09. The van der Waals surface area contributed by atoms with Crippen LogP contribution >= 0.6 is 0 Å². The molecule has 6 saturated carbocycles. The van der Waals surface area contributed by atoms with Crippen LogP contribution in [0, 0.1) is 75.4 Å². The van der Waals surface area contributed by atoms with Crippen LogP contribution in [0.25, 0.3) is 0 Å². The summed E-state index contributed by atoms with van der Waals surface area (Å²) < 4.78 is 12.6. The lowest BCUT2D eigenvalue weighted by atomic mass is 9.43. The maximum Gasteiger partial charge on any atom is 0.303 e. The van der Waals surface area contributed by atoms with E-state index in [9.17, 15) is 30.0 Å². The number of anilines is 1. The number of carboxylic acids is 1. The number of aliphatic hydroxyl groups is 3. The van der Waals surface area contributed by atoms with Gasteiger partial charge in [-0.1, -0.05) is 51.3 Å². The van der Waals surface area contributed by atoms with Crippen molar-refractivity contribution in [3.8, 4) is 11.8 Å². The van der Waals surface area contributed by atoms with Crippen molar-refractivity contribution in [2.75, 3.05) is 38.3 Å². The second-order valence-electron chi connectivity index (χ2n) is 23.2. The number of nitrogens with zero attached hydrogens (tertiary/aromatic N) is 1. The fourth-order valence-corrected chi connectivity index (χ4v) is 16.9. The summed E-state index contributed by atoms with van der Waals surface area (Å²) in [5, 5.41) is 45.2. The minimum absolute atomic E-state index is 0.0646. The first-order valence-corrected chi connectivity index (χ1v) is 25.7. The van der Waals surface area contributed by atoms with Gasteiger partial charge in [0.1, 0.15) is 5.60 Å². The van der Waals surface area contributed by atoms with E-state index in [0.29, 0.717) is 50.4 Å². The average molecular weight is 894 g/mol. The number of aliphatic carboxylic acids is 1. The second-order valence-corrected chi connectivity index (χ2v) is 23.2. The van der Waals surface area contributed by atoms with Gasteiger partial charge in [-0.05, 0) is 190 Å². The van der Waals surface area contributed by atoms with Gasteiger partial charge in [0.15, 0.2) is 5.78 Å². The van der Waals surface area contributed by atoms with Gasteiger partial charge in [0.05, 0.1) is 38.1 Å². The average Bonchev–Trinajstić information content (AvgIpc) is 3.77. The summed E-state index contributed by atoms with van der Waals surface area (Å²) >= 11 is 0. The van der Waals surface area contributed by atoms with Gasteiger partial charge in [-0.2, -0.15) is 0 Å². The molecule has 0 unspecified atom stereocenters. The first-order chi connectivity index (χ1) is 31.0. The van der Waals surface area contributed by atoms with E-state index in [2.05, 4.69) is 75.7 Å². The zero-order valence-electron chi connectivity index (χ0n) is 40.3. The van der Waals surface area contributed by atoms with Gasteiger partial charge in [0.25, 0.3) is 0 Å². The van der Waals surface area contributed by atoms with Crippen LogP contribution in [0.5, 0.6) is 0 Å². The first-order valence-electron chi connectivity index (χ1n) is 25.7. The van der Waals surface area contributed by atoms with E-state index >= 15 is 0 Å². The Hall–Kier alpha value is -3.00. The lowest BCUT2D eigenvalue weighted by Gasteiger charge is -2.63. The molecule has 356 valence electrons. The topological polar surface area (TPSA) is 137 Å². The van der Waals surface area contributed by atoms with Crippen molar-refractivity contribution in [2.24, 2.45) is 63.6 Å². The molecule has 0 aromatic heterocycles. The molecule has 0 heterocycles. The molecule has 8 aliphatic rings. The number of ether oxygens (including phenoxy) is 2. The number of ketones is 1. The molecule has 0 amide bonds. The van der Waals surface area contributed by atoms with Crippen LogP contribution in [0.1, 0.15) is 149 Å². The van der Waals surface area contributed by atoms with Crippen LogP contribution in [0.15, 0.2) is 47.1 Å². The monoisotopic (exact) mass is 894 g/mol. The number of likely N-dealkylation sites (N-methyl/N-ethyl adjacent to an activating group) is 1. The Morgan fingerprint density at radius 2 is 1.71 bits per heavy atom. The van der Waals surface area contributed by atoms with Gasteiger partial charge < -0.3 is 34.8 Å². The molecular formula is C56H79NO8. The maximum atomic E-state index is 12.5. The number of hydrogen-bond acceptors (Lipinski definition) is 8. The molecule has 6 fully saturated rings. The normalized spacial score (nSPS) is 42.3. The number of carboxylic acid groups (broad SMARTS) is 1. The molecule has 0 aliphatic heterocycles. The fraction of sp³-hybridized carbons (Fsp3) is 0.750. The Labute approximate surface area is 389 Å². The van der Waals surface area contributed by atoms with Crippen molar-refractivity contribution in [2.45, 2.75) is 167 Å². The summed E-state index contributed by atoms with van der Waals surface area (Å²) in [5.41, 5.74) is 5.14. The van der Waals surface area contributed by atoms with E-state index in [4.69, 9.17) is 9.47 Å². The van der Waals surface area contributed by atoms with Crippen LogP contribution in [-0.4, -0.2) is 89.5 Å². The lowest BCUT2D eigenvalue weighted by Crippen LogP contribution is -2.62. The van der Waals surface area contributed by atoms with E-state index in [0.717, 1.165) is 95.7 Å². The van der Waals surface area contributed by atoms with Gasteiger partial charge in [-0.15, -0.1) is 5.92 Å². The zero-order valence-corrected chi connectivity index (χ0v) is 40.3. The minimum atomic E-state index is -0.983. The number of allylic oxidation sites excluding steroid dienone is 4. The molecule has 16 atom stereocenters. The predicted octanol–water partition coefficient (Wildman–Crippen LogP) is 9.28. The number of aliphatic hydroxyl groups excluding tert-OH is 2. The highest BCUT2D eigenvalue weighted by atomic mass is 16.5. The number of benzene rings is 1. The van der Waals surface area contributed by atoms with E-state index in [1.54, 1.807) is 0 Å². The van der Waals surface area contributed by atoms with Crippen LogP contribution in [0.3, 0.4) is 0 Å². The molecule has 9 heteroatoms. The van der Waals surface area contributed by atoms with Crippen molar-refractivity contribution in [3.63, 3.8) is 0 Å². The quantitative estimate of drug-likeness (QED) is 0.113. The number of fused-ring (bicyclic) bond motifs is 9. The third-order valence-electron chi connectivity index (χ3n) is 20.4. The summed E-state index contributed by atoms with van der Waals surface area (Å²) in [7, 11) is 2.11. The molecule has 0 spiro atoms. The van der Waals surface area contributed by atoms with Crippen LogP contribution in [0.4, 0.5) is 5.69 Å². The van der Waals surface area contributed by atoms with Gasteiger partial charge >= 0.3 is 5.97 Å². The van der Waals surface area contributed by atoms with Crippen molar-refractivity contribution < 1.29 is 39.5 Å². The highest BCUT2D eigenvalue weighted by Crippen LogP contribution is 2.69. The van der Waals surface area contributed by atoms with E-state index < -0.39 is 17.7 Å². The zero-order chi connectivity index (χ0) is 46.1. The van der Waals surface area contributed by atoms with Gasteiger partial charge in [0, 0.05) is 43.5 Å². The summed E-state index contributed by atoms with van der Waals surface area (Å²) in [6, 6.07) is 9.04. The van der Waals surface area contributed by atoms with Crippen molar-refractivity contribution in [1.82, 2.24) is 0 Å². The largest absolute Gasteiger partial charge is 0.481 e. The molecule has 0 bridgehead atoms. The maximum absolute atomic E-state index is 12.5. The Bertz CT molecular complexity index is 2080. The third-order valence-corrected chi connectivity index (χ3v) is 20.4. The van der Waals surface area contributed by atoms with Crippen molar-refractivity contribution in [1.29, 1.82) is 0 Å². The Balaban J connectivity index is 0.768. The SMILES string of the molecule is CC#C[C@]1(O)CC[C@H]2[C@@H]3CCC4=CC(=O)CCC4=C3[C@@H](c3ccc(N(C)CCOCCO[C@@H]4CC[C@@]5(C)[C@@H](C4)C[C@@H](O)[C@@H]4[C@@H]5C[C@H](O)[C@]5(C)[C@@H]([C@H](C)CCC(=O)O)CC[C@@H]45)cc3)C[C@@]21C. The number of rotatable bonds is 13. The molecule has 0 radical (unpaired) electrons. The summed E-state index contributed by atoms with van der Waals surface area (Å²) in [4.78, 5) is 26.1. The van der Waals surface area contributed by atoms with Crippen LogP contribution in [0.2, 0.25) is 0 Å². The molecule has 9 nitrogen and oxygen atoms in total. The highest BCUT2D eigenvalue weighted by Gasteiger charge is 2.66. The Kier molecular flexibility index (Phi) is 13.1. The summed E-state index contributed by atoms with van der Waals surface area (Å²) in [6.07, 6.45) is 14.6. The predicted molar refractivity (Wildman–Crippen MR) is 253 cm³/mol. The molecule has 1 aromatic carbocycles. The first kappa shape index (κ1) is 47.1. The molecule has 1 aromatic rings. The van der Waals surface area contributed by atoms with E-state index in [1.807, 2.05) is 13.0 Å². The van der Waals surface area contributed by atoms with Gasteiger partial charge in [-0.25, -0.2) is 0 Å². The molecule has 4 N–H and O–H groups in total. The standard InChI is InChI=1S/C56H79NO8/c1-7-22-56(63)24-21-45-42-15-11-36-29-39(58)14-16-41(36)51(42)43(33-54(45,56)4)35-9-12-38(13-10-35)57(6)25-26-64-27-28-65-40-20-23-53(3)37(30-40)31-48(59)52-46-18-17-44(34(2)8-19-50(61)62)55(46,5)49(60)32-47(52)53/h9-10,12-13,29,34,37,40,42-49,52,59-60,63H,8,11,14-21,23-28,30-33H2,1-6H3,(H,61,62)/t34-,37+,40-,42+,43-,44-,45+,46+,47+,48-,49+,52+,53+,54+,55-,56+/m1/s1. The lowest BCUT2D eigenvalue weighted by molar-refractivity contribution is -0.209. The van der Waals surface area contributed by atoms with Crippen LogP contribution in [-0.2, 0) is 19.1 Å². The number of carbonyl (C=O) groups excluding carboxylic acids is 1. The number of carbonyl (C=O) groups is 2. The van der Waals surface area contributed by atoms with Gasteiger partial charge in [-0.3, -0.25) is 9.59 Å². The van der Waals surface area contributed by atoms with Crippen molar-refractivity contribution in [3.05, 3.63) is 52.6 Å². The Morgan fingerprint density at radius 1 is 0.923 bits per heavy atom. The van der Waals surface area contributed by atoms with E-state index in [-0.39, 0.29) is 76.2 Å². The smallest absolute Gasteiger partial charge is 0.303 e. The molecule has 65 heavy (non-hydrogen) atoms. The number of hydrogen-bond donors (Lipinski definition) is 4. The minimum Gasteiger partial charge on any atom is -0.481 e.